The zero-order valence-electron chi connectivity index (χ0n) is 15.5. The van der Waals surface area contributed by atoms with Gasteiger partial charge in [-0.3, -0.25) is 0 Å². The van der Waals surface area contributed by atoms with E-state index >= 15 is 0 Å². The van der Waals surface area contributed by atoms with Gasteiger partial charge in [0.25, 0.3) is 0 Å². The second-order valence-electron chi connectivity index (χ2n) is 8.94. The third-order valence-electron chi connectivity index (χ3n) is 7.00. The number of fused-ring (bicyclic) bond motifs is 3. The molecule has 1 aromatic rings. The van der Waals surface area contributed by atoms with Crippen LogP contribution in [0.2, 0.25) is 0 Å². The van der Waals surface area contributed by atoms with E-state index in [1.54, 1.807) is 0 Å². The van der Waals surface area contributed by atoms with Crippen LogP contribution in [0.15, 0.2) is 24.3 Å². The molecule has 2 fully saturated rings. The quantitative estimate of drug-likeness (QED) is 0.570. The molecular formula is C21H28Cl2O2. The highest BCUT2D eigenvalue weighted by molar-refractivity contribution is 6.51. The Hall–Kier alpha value is -0.440. The molecule has 1 saturated heterocycles. The number of hydrogen-bond acceptors (Lipinski definition) is 2. The predicted molar refractivity (Wildman–Crippen MR) is 102 cm³/mol. The van der Waals surface area contributed by atoms with Gasteiger partial charge in [-0.05, 0) is 45.6 Å². The second kappa shape index (κ2) is 5.78. The minimum absolute atomic E-state index is 0.0178. The van der Waals surface area contributed by atoms with Crippen LogP contribution in [0, 0.1) is 17.3 Å². The molecular weight excluding hydrogens is 355 g/mol. The SMILES string of the molecule is C[C@H]1CC[C@H]2[C@H](O1)c1ccccc1O[C@@]2(C)CC[C@@H]1C(C)(C)C1(Cl)Cl. The molecule has 2 heterocycles. The van der Waals surface area contributed by atoms with Gasteiger partial charge in [-0.15, -0.1) is 23.2 Å². The fourth-order valence-electron chi connectivity index (χ4n) is 5.00. The molecule has 5 atom stereocenters. The molecule has 0 aromatic heterocycles. The lowest BCUT2D eigenvalue weighted by atomic mass is 9.72. The predicted octanol–water partition coefficient (Wildman–Crippen LogP) is 6.30. The molecule has 0 bridgehead atoms. The van der Waals surface area contributed by atoms with Gasteiger partial charge < -0.3 is 9.47 Å². The van der Waals surface area contributed by atoms with Crippen LogP contribution in [0.5, 0.6) is 5.75 Å². The van der Waals surface area contributed by atoms with Crippen LogP contribution >= 0.6 is 23.2 Å². The average molecular weight is 383 g/mol. The summed E-state index contributed by atoms with van der Waals surface area (Å²) >= 11 is 13.0. The second-order valence-corrected chi connectivity index (χ2v) is 10.3. The first-order valence-corrected chi connectivity index (χ1v) is 10.2. The van der Waals surface area contributed by atoms with E-state index in [2.05, 4.69) is 45.9 Å². The fraction of sp³-hybridized carbons (Fsp3) is 0.714. The first kappa shape index (κ1) is 17.9. The van der Waals surface area contributed by atoms with Gasteiger partial charge in [0, 0.05) is 22.8 Å². The summed E-state index contributed by atoms with van der Waals surface area (Å²) in [4.78, 5) is 0. The van der Waals surface area contributed by atoms with Crippen LogP contribution < -0.4 is 4.74 Å². The van der Waals surface area contributed by atoms with E-state index < -0.39 is 4.33 Å². The third kappa shape index (κ3) is 2.71. The van der Waals surface area contributed by atoms with Gasteiger partial charge in [0.1, 0.15) is 15.7 Å². The third-order valence-corrected chi connectivity index (χ3v) is 8.50. The van der Waals surface area contributed by atoms with Crippen molar-refractivity contribution in [3.63, 3.8) is 0 Å². The van der Waals surface area contributed by atoms with E-state index in [1.165, 1.54) is 5.56 Å². The molecule has 4 heteroatoms. The van der Waals surface area contributed by atoms with Crippen molar-refractivity contribution in [3.05, 3.63) is 29.8 Å². The van der Waals surface area contributed by atoms with E-state index in [0.717, 1.165) is 31.4 Å². The summed E-state index contributed by atoms with van der Waals surface area (Å²) in [5.41, 5.74) is 0.949. The smallest absolute Gasteiger partial charge is 0.127 e. The van der Waals surface area contributed by atoms with Gasteiger partial charge >= 0.3 is 0 Å². The van der Waals surface area contributed by atoms with Crippen molar-refractivity contribution < 1.29 is 9.47 Å². The minimum Gasteiger partial charge on any atom is -0.487 e. The van der Waals surface area contributed by atoms with E-state index in [1.807, 2.05) is 6.07 Å². The first-order valence-electron chi connectivity index (χ1n) is 9.48. The largest absolute Gasteiger partial charge is 0.487 e. The summed E-state index contributed by atoms with van der Waals surface area (Å²) in [5.74, 6) is 1.67. The topological polar surface area (TPSA) is 18.5 Å². The van der Waals surface area contributed by atoms with Gasteiger partial charge in [-0.25, -0.2) is 0 Å². The summed E-state index contributed by atoms with van der Waals surface area (Å²) in [7, 11) is 0. The van der Waals surface area contributed by atoms with Gasteiger partial charge in [0.2, 0.25) is 0 Å². The monoisotopic (exact) mass is 382 g/mol. The molecule has 1 saturated carbocycles. The molecule has 0 spiro atoms. The Balaban J connectivity index is 1.59. The van der Waals surface area contributed by atoms with E-state index in [0.29, 0.717) is 17.9 Å². The number of hydrogen-bond donors (Lipinski definition) is 0. The Labute approximate surface area is 161 Å². The maximum Gasteiger partial charge on any atom is 0.127 e. The molecule has 1 aliphatic carbocycles. The molecule has 4 rings (SSSR count). The molecule has 25 heavy (non-hydrogen) atoms. The van der Waals surface area contributed by atoms with Crippen LogP contribution in [0.1, 0.15) is 65.0 Å². The molecule has 3 aliphatic rings. The van der Waals surface area contributed by atoms with Crippen LogP contribution in [0.25, 0.3) is 0 Å². The maximum absolute atomic E-state index is 6.57. The number of ether oxygens (including phenoxy) is 2. The molecule has 1 aromatic carbocycles. The van der Waals surface area contributed by atoms with Gasteiger partial charge in [0.15, 0.2) is 0 Å². The van der Waals surface area contributed by atoms with Gasteiger partial charge in [-0.2, -0.15) is 0 Å². The number of para-hydroxylation sites is 1. The first-order chi connectivity index (χ1) is 11.7. The van der Waals surface area contributed by atoms with Crippen LogP contribution in [0.4, 0.5) is 0 Å². The summed E-state index contributed by atoms with van der Waals surface area (Å²) < 4.78 is 12.4. The summed E-state index contributed by atoms with van der Waals surface area (Å²) in [6.07, 6.45) is 4.59. The van der Waals surface area contributed by atoms with Crippen molar-refractivity contribution in [2.75, 3.05) is 0 Å². The summed E-state index contributed by atoms with van der Waals surface area (Å²) in [6.45, 7) is 8.74. The Morgan fingerprint density at radius 3 is 2.48 bits per heavy atom. The molecule has 0 N–H and O–H groups in total. The lowest BCUT2D eigenvalue weighted by Crippen LogP contribution is -2.50. The standard InChI is InChI=1S/C21H28Cl2O2/c1-13-9-10-15-18(24-13)14-7-5-6-8-16(14)25-20(15,4)12-11-17-19(2,3)21(17,22)23/h5-8,13,15,17-18H,9-12H2,1-4H3/t13-,15-,17+,18+,20-/m0/s1. The van der Waals surface area contributed by atoms with Gasteiger partial charge in [0.05, 0.1) is 12.2 Å². The van der Waals surface area contributed by atoms with Crippen molar-refractivity contribution in [1.82, 2.24) is 0 Å². The van der Waals surface area contributed by atoms with Crippen molar-refractivity contribution in [2.45, 2.75) is 75.5 Å². The lowest BCUT2D eigenvalue weighted by Gasteiger charge is -2.50. The summed E-state index contributed by atoms with van der Waals surface area (Å²) in [5, 5.41) is 0. The van der Waals surface area contributed by atoms with E-state index in [-0.39, 0.29) is 17.1 Å². The zero-order valence-corrected chi connectivity index (χ0v) is 17.0. The highest BCUT2D eigenvalue weighted by atomic mass is 35.5. The molecule has 138 valence electrons. The van der Waals surface area contributed by atoms with E-state index in [9.17, 15) is 0 Å². The highest BCUT2D eigenvalue weighted by Crippen LogP contribution is 2.70. The molecule has 2 nitrogen and oxygen atoms in total. The lowest BCUT2D eigenvalue weighted by molar-refractivity contribution is -0.153. The van der Waals surface area contributed by atoms with Crippen LogP contribution in [0.3, 0.4) is 0 Å². The van der Waals surface area contributed by atoms with Crippen molar-refractivity contribution in [1.29, 1.82) is 0 Å². The van der Waals surface area contributed by atoms with Crippen molar-refractivity contribution >= 4 is 23.2 Å². The van der Waals surface area contributed by atoms with Crippen LogP contribution in [-0.4, -0.2) is 16.0 Å². The average Bonchev–Trinajstić information content (AvgIpc) is 2.94. The van der Waals surface area contributed by atoms with Gasteiger partial charge in [-0.1, -0.05) is 32.0 Å². The maximum atomic E-state index is 6.57. The van der Waals surface area contributed by atoms with Crippen molar-refractivity contribution in [3.8, 4) is 5.75 Å². The normalized spacial score (nSPS) is 40.6. The number of halogens is 2. The fourth-order valence-corrected chi connectivity index (χ4v) is 5.91. The molecule has 0 unspecified atom stereocenters. The number of benzene rings is 1. The minimum atomic E-state index is -0.604. The van der Waals surface area contributed by atoms with Crippen molar-refractivity contribution in [2.24, 2.45) is 17.3 Å². The van der Waals surface area contributed by atoms with E-state index in [4.69, 9.17) is 32.7 Å². The Morgan fingerprint density at radius 1 is 1.12 bits per heavy atom. The zero-order chi connectivity index (χ0) is 18.0. The van der Waals surface area contributed by atoms with Crippen LogP contribution in [-0.2, 0) is 4.74 Å². The summed E-state index contributed by atoms with van der Waals surface area (Å²) in [6, 6.07) is 8.34. The number of rotatable bonds is 3. The number of alkyl halides is 2. The Kier molecular flexibility index (Phi) is 4.15. The Bertz CT molecular complexity index is 658. The Morgan fingerprint density at radius 2 is 1.80 bits per heavy atom. The molecule has 2 aliphatic heterocycles. The molecule has 0 amide bonds. The highest BCUT2D eigenvalue weighted by Gasteiger charge is 2.69. The molecule has 0 radical (unpaired) electrons.